The Bertz CT molecular complexity index is 204. The minimum absolute atomic E-state index is 0.449. The number of rotatable bonds is 10. The van der Waals surface area contributed by atoms with Gasteiger partial charge in [0, 0.05) is 32.8 Å². The van der Waals surface area contributed by atoms with E-state index in [1.807, 2.05) is 0 Å². The van der Waals surface area contributed by atoms with E-state index in [2.05, 4.69) is 18.7 Å². The standard InChI is InChI=1S/C15H32N2O2/c1-14(2)6-12-18-13-10-17-8-4-15(5-9-17)19-11-3-7-16/h14-15H,3-13,16H2,1-2H3. The summed E-state index contributed by atoms with van der Waals surface area (Å²) in [6.45, 7) is 11.1. The Balaban J connectivity index is 1.94. The van der Waals surface area contributed by atoms with E-state index in [9.17, 15) is 0 Å². The van der Waals surface area contributed by atoms with Gasteiger partial charge in [-0.3, -0.25) is 0 Å². The van der Waals surface area contributed by atoms with Gasteiger partial charge in [-0.1, -0.05) is 13.8 Å². The molecule has 19 heavy (non-hydrogen) atoms. The van der Waals surface area contributed by atoms with Gasteiger partial charge in [0.15, 0.2) is 0 Å². The molecular weight excluding hydrogens is 240 g/mol. The van der Waals surface area contributed by atoms with Crippen LogP contribution in [0.3, 0.4) is 0 Å². The lowest BCUT2D eigenvalue weighted by Crippen LogP contribution is -2.39. The SMILES string of the molecule is CC(C)CCOCCN1CCC(OCCCN)CC1. The second-order valence-corrected chi connectivity index (χ2v) is 5.85. The highest BCUT2D eigenvalue weighted by Crippen LogP contribution is 2.13. The molecular formula is C15H32N2O2. The first-order valence-corrected chi connectivity index (χ1v) is 7.84. The van der Waals surface area contributed by atoms with Crippen LogP contribution in [0, 0.1) is 5.92 Å². The molecule has 0 atom stereocenters. The van der Waals surface area contributed by atoms with Gasteiger partial charge >= 0.3 is 0 Å². The molecule has 0 spiro atoms. The van der Waals surface area contributed by atoms with Crippen molar-refractivity contribution in [3.8, 4) is 0 Å². The Labute approximate surface area is 118 Å². The van der Waals surface area contributed by atoms with Crippen molar-refractivity contribution in [2.75, 3.05) is 46.0 Å². The fourth-order valence-corrected chi connectivity index (χ4v) is 2.25. The van der Waals surface area contributed by atoms with E-state index < -0.39 is 0 Å². The summed E-state index contributed by atoms with van der Waals surface area (Å²) >= 11 is 0. The van der Waals surface area contributed by atoms with Gasteiger partial charge in [0.1, 0.15) is 0 Å². The molecule has 4 heteroatoms. The van der Waals surface area contributed by atoms with Crippen molar-refractivity contribution in [2.24, 2.45) is 11.7 Å². The zero-order valence-corrected chi connectivity index (χ0v) is 12.8. The third-order valence-electron chi connectivity index (χ3n) is 3.63. The van der Waals surface area contributed by atoms with E-state index in [1.165, 1.54) is 0 Å². The third kappa shape index (κ3) is 8.58. The van der Waals surface area contributed by atoms with Crippen LogP contribution < -0.4 is 5.73 Å². The minimum Gasteiger partial charge on any atom is -0.380 e. The van der Waals surface area contributed by atoms with Crippen molar-refractivity contribution >= 4 is 0 Å². The van der Waals surface area contributed by atoms with Gasteiger partial charge in [-0.05, 0) is 38.1 Å². The van der Waals surface area contributed by atoms with Gasteiger partial charge in [0.05, 0.1) is 12.7 Å². The summed E-state index contributed by atoms with van der Waals surface area (Å²) in [6, 6.07) is 0. The number of likely N-dealkylation sites (tertiary alicyclic amines) is 1. The van der Waals surface area contributed by atoms with E-state index in [4.69, 9.17) is 15.2 Å². The lowest BCUT2D eigenvalue weighted by Gasteiger charge is -2.31. The molecule has 4 nitrogen and oxygen atoms in total. The van der Waals surface area contributed by atoms with Crippen LogP contribution in [-0.4, -0.2) is 57.0 Å². The third-order valence-corrected chi connectivity index (χ3v) is 3.63. The highest BCUT2D eigenvalue weighted by molar-refractivity contribution is 4.72. The maximum absolute atomic E-state index is 5.80. The average Bonchev–Trinajstić information content (AvgIpc) is 2.40. The van der Waals surface area contributed by atoms with Gasteiger partial charge in [-0.2, -0.15) is 0 Å². The minimum atomic E-state index is 0.449. The molecule has 0 aromatic rings. The van der Waals surface area contributed by atoms with E-state index >= 15 is 0 Å². The predicted molar refractivity (Wildman–Crippen MR) is 79.4 cm³/mol. The van der Waals surface area contributed by atoms with Crippen LogP contribution >= 0.6 is 0 Å². The van der Waals surface area contributed by atoms with Gasteiger partial charge in [0.2, 0.25) is 0 Å². The Kier molecular flexibility index (Phi) is 9.43. The summed E-state index contributed by atoms with van der Waals surface area (Å²) in [6.07, 6.45) is 4.89. The van der Waals surface area contributed by atoms with Crippen LogP contribution in [0.2, 0.25) is 0 Å². The van der Waals surface area contributed by atoms with Crippen molar-refractivity contribution in [3.05, 3.63) is 0 Å². The number of hydrogen-bond acceptors (Lipinski definition) is 4. The van der Waals surface area contributed by atoms with E-state index in [0.29, 0.717) is 6.10 Å². The van der Waals surface area contributed by atoms with Crippen LogP contribution in [-0.2, 0) is 9.47 Å². The molecule has 0 amide bonds. The number of nitrogens with zero attached hydrogens (tertiary/aromatic N) is 1. The second kappa shape index (κ2) is 10.6. The summed E-state index contributed by atoms with van der Waals surface area (Å²) < 4.78 is 11.5. The van der Waals surface area contributed by atoms with Gasteiger partial charge < -0.3 is 20.1 Å². The molecule has 0 unspecified atom stereocenters. The molecule has 114 valence electrons. The molecule has 0 bridgehead atoms. The van der Waals surface area contributed by atoms with Crippen LogP contribution in [0.1, 0.15) is 39.5 Å². The van der Waals surface area contributed by atoms with E-state index in [0.717, 1.165) is 77.6 Å². The molecule has 0 aromatic carbocycles. The molecule has 1 rings (SSSR count). The lowest BCUT2D eigenvalue weighted by atomic mass is 10.1. The monoisotopic (exact) mass is 272 g/mol. The van der Waals surface area contributed by atoms with Gasteiger partial charge in [-0.25, -0.2) is 0 Å². The van der Waals surface area contributed by atoms with Crippen LogP contribution in [0.15, 0.2) is 0 Å². The zero-order chi connectivity index (χ0) is 13.9. The number of ether oxygens (including phenoxy) is 2. The van der Waals surface area contributed by atoms with Crippen molar-refractivity contribution in [1.29, 1.82) is 0 Å². The molecule has 1 aliphatic rings. The van der Waals surface area contributed by atoms with Gasteiger partial charge in [-0.15, -0.1) is 0 Å². The lowest BCUT2D eigenvalue weighted by molar-refractivity contribution is 0.000412. The zero-order valence-electron chi connectivity index (χ0n) is 12.8. The first-order valence-electron chi connectivity index (χ1n) is 7.84. The number of nitrogens with two attached hydrogens (primary N) is 1. The average molecular weight is 272 g/mol. The summed E-state index contributed by atoms with van der Waals surface area (Å²) in [5.74, 6) is 0.737. The summed E-state index contributed by atoms with van der Waals surface area (Å²) in [7, 11) is 0. The Morgan fingerprint density at radius 2 is 1.89 bits per heavy atom. The van der Waals surface area contributed by atoms with Crippen molar-refractivity contribution in [1.82, 2.24) is 4.90 Å². The van der Waals surface area contributed by atoms with Crippen LogP contribution in [0.25, 0.3) is 0 Å². The maximum Gasteiger partial charge on any atom is 0.0599 e. The predicted octanol–water partition coefficient (Wildman–Crippen LogP) is 1.88. The van der Waals surface area contributed by atoms with Crippen molar-refractivity contribution in [3.63, 3.8) is 0 Å². The second-order valence-electron chi connectivity index (χ2n) is 5.85. The molecule has 1 fully saturated rings. The number of hydrogen-bond donors (Lipinski definition) is 1. The molecule has 1 heterocycles. The molecule has 0 aromatic heterocycles. The van der Waals surface area contributed by atoms with Crippen molar-refractivity contribution in [2.45, 2.75) is 45.6 Å². The molecule has 2 N–H and O–H groups in total. The normalized spacial score (nSPS) is 18.3. The fourth-order valence-electron chi connectivity index (χ4n) is 2.25. The molecule has 1 saturated heterocycles. The highest BCUT2D eigenvalue weighted by atomic mass is 16.5. The summed E-state index contributed by atoms with van der Waals surface area (Å²) in [5.41, 5.74) is 5.46. The van der Waals surface area contributed by atoms with Gasteiger partial charge in [0.25, 0.3) is 0 Å². The Hall–Kier alpha value is -0.160. The van der Waals surface area contributed by atoms with E-state index in [1.54, 1.807) is 0 Å². The molecule has 0 saturated carbocycles. The van der Waals surface area contributed by atoms with Crippen molar-refractivity contribution < 1.29 is 9.47 Å². The largest absolute Gasteiger partial charge is 0.380 e. The smallest absolute Gasteiger partial charge is 0.0599 e. The first-order chi connectivity index (χ1) is 9.22. The number of piperidine rings is 1. The molecule has 1 aliphatic heterocycles. The van der Waals surface area contributed by atoms with Crippen LogP contribution in [0.5, 0.6) is 0 Å². The molecule has 0 aliphatic carbocycles. The summed E-state index contributed by atoms with van der Waals surface area (Å²) in [4.78, 5) is 2.48. The van der Waals surface area contributed by atoms with Crippen LogP contribution in [0.4, 0.5) is 0 Å². The highest BCUT2D eigenvalue weighted by Gasteiger charge is 2.18. The topological polar surface area (TPSA) is 47.7 Å². The quantitative estimate of drug-likeness (QED) is 0.617. The Morgan fingerprint density at radius 3 is 2.53 bits per heavy atom. The fraction of sp³-hybridized carbons (Fsp3) is 1.00. The maximum atomic E-state index is 5.80. The molecule has 0 radical (unpaired) electrons. The Morgan fingerprint density at radius 1 is 1.16 bits per heavy atom. The first kappa shape index (κ1) is 16.9. The van der Waals surface area contributed by atoms with E-state index in [-0.39, 0.29) is 0 Å². The summed E-state index contributed by atoms with van der Waals surface area (Å²) in [5, 5.41) is 0.